The van der Waals surface area contributed by atoms with Crippen molar-refractivity contribution in [1.82, 2.24) is 4.57 Å². The fourth-order valence-corrected chi connectivity index (χ4v) is 2.81. The average Bonchev–Trinajstić information content (AvgIpc) is 2.65. The van der Waals surface area contributed by atoms with Crippen LogP contribution in [0, 0.1) is 0 Å². The molecule has 0 spiro atoms. The molecule has 3 aromatic rings. The molecule has 7 heteroatoms. The summed E-state index contributed by atoms with van der Waals surface area (Å²) in [4.78, 5) is 34.1. The van der Waals surface area contributed by atoms with Gasteiger partial charge >= 0.3 is 5.97 Å². The van der Waals surface area contributed by atoms with Gasteiger partial charge in [0.05, 0.1) is 6.20 Å². The SMILES string of the molecule is NC(=O)c1ccc(-c2ccccc2Cn2cc(O)c(=O)c(C(=O)O)c2)cc1. The fraction of sp³-hybridized carbons (Fsp3) is 0.0500. The van der Waals surface area contributed by atoms with Crippen molar-refractivity contribution in [2.24, 2.45) is 5.73 Å². The molecule has 7 nitrogen and oxygen atoms in total. The normalized spacial score (nSPS) is 10.5. The number of nitrogens with zero attached hydrogens (tertiary/aromatic N) is 1. The highest BCUT2D eigenvalue weighted by Crippen LogP contribution is 2.25. The van der Waals surface area contributed by atoms with Gasteiger partial charge in [-0.1, -0.05) is 36.4 Å². The topological polar surface area (TPSA) is 123 Å². The minimum absolute atomic E-state index is 0.238. The fourth-order valence-electron chi connectivity index (χ4n) is 2.81. The van der Waals surface area contributed by atoms with E-state index in [1.807, 2.05) is 24.3 Å². The largest absolute Gasteiger partial charge is 0.503 e. The maximum Gasteiger partial charge on any atom is 0.341 e. The molecule has 0 radical (unpaired) electrons. The van der Waals surface area contributed by atoms with Crippen LogP contribution in [0.3, 0.4) is 0 Å². The summed E-state index contributed by atoms with van der Waals surface area (Å²) in [7, 11) is 0. The van der Waals surface area contributed by atoms with Crippen molar-refractivity contribution in [2.45, 2.75) is 6.54 Å². The predicted octanol–water partition coefficient (Wildman–Crippen LogP) is 2.07. The number of primary amides is 1. The van der Waals surface area contributed by atoms with Gasteiger partial charge in [0, 0.05) is 18.3 Å². The lowest BCUT2D eigenvalue weighted by atomic mass is 9.98. The number of nitrogens with two attached hydrogens (primary N) is 1. The lowest BCUT2D eigenvalue weighted by Crippen LogP contribution is -2.17. The third-order valence-electron chi connectivity index (χ3n) is 4.14. The molecule has 1 heterocycles. The van der Waals surface area contributed by atoms with Crippen molar-refractivity contribution >= 4 is 11.9 Å². The molecule has 4 N–H and O–H groups in total. The standard InChI is InChI=1S/C20H16N2O5/c21-19(25)13-7-5-12(6-8-13)15-4-2-1-3-14(15)9-22-10-16(20(26)27)18(24)17(23)11-22/h1-8,10-11,23H,9H2,(H2,21,25)(H,26,27). The van der Waals surface area contributed by atoms with Crippen molar-refractivity contribution in [3.63, 3.8) is 0 Å². The minimum Gasteiger partial charge on any atom is -0.503 e. The summed E-state index contributed by atoms with van der Waals surface area (Å²) in [6.07, 6.45) is 2.39. The number of aromatic carboxylic acids is 1. The number of benzene rings is 2. The molecule has 3 rings (SSSR count). The second-order valence-corrected chi connectivity index (χ2v) is 5.96. The summed E-state index contributed by atoms with van der Waals surface area (Å²) < 4.78 is 1.44. The number of rotatable bonds is 5. The first kappa shape index (κ1) is 17.9. The third-order valence-corrected chi connectivity index (χ3v) is 4.14. The Hall–Kier alpha value is -3.87. The smallest absolute Gasteiger partial charge is 0.341 e. The Kier molecular flexibility index (Phi) is 4.76. The maximum absolute atomic E-state index is 11.7. The van der Waals surface area contributed by atoms with Crippen LogP contribution in [0.2, 0.25) is 0 Å². The molecule has 0 aliphatic carbocycles. The second kappa shape index (κ2) is 7.17. The number of aromatic hydroxyl groups is 1. The summed E-state index contributed by atoms with van der Waals surface area (Å²) in [5, 5.41) is 18.9. The van der Waals surface area contributed by atoms with Gasteiger partial charge in [-0.25, -0.2) is 4.79 Å². The molecule has 0 fully saturated rings. The number of hydrogen-bond donors (Lipinski definition) is 3. The molecule has 0 unspecified atom stereocenters. The molecule has 0 saturated heterocycles. The molecule has 136 valence electrons. The van der Waals surface area contributed by atoms with Crippen molar-refractivity contribution in [1.29, 1.82) is 0 Å². The van der Waals surface area contributed by atoms with Crippen molar-refractivity contribution < 1.29 is 19.8 Å². The molecular formula is C20H16N2O5. The van der Waals surface area contributed by atoms with Crippen molar-refractivity contribution in [3.8, 4) is 16.9 Å². The van der Waals surface area contributed by atoms with E-state index in [-0.39, 0.29) is 6.54 Å². The quantitative estimate of drug-likeness (QED) is 0.639. The first-order chi connectivity index (χ1) is 12.9. The van der Waals surface area contributed by atoms with Gasteiger partial charge in [0.2, 0.25) is 11.3 Å². The van der Waals surface area contributed by atoms with Crippen LogP contribution in [0.1, 0.15) is 26.3 Å². The van der Waals surface area contributed by atoms with Gasteiger partial charge in [-0.3, -0.25) is 9.59 Å². The maximum atomic E-state index is 11.7. The first-order valence-corrected chi connectivity index (χ1v) is 8.01. The Morgan fingerprint density at radius 2 is 1.67 bits per heavy atom. The molecule has 0 atom stereocenters. The minimum atomic E-state index is -1.40. The van der Waals surface area contributed by atoms with Gasteiger partial charge in [-0.2, -0.15) is 0 Å². The van der Waals surface area contributed by atoms with Crippen LogP contribution in [-0.4, -0.2) is 26.7 Å². The van der Waals surface area contributed by atoms with E-state index >= 15 is 0 Å². The predicted molar refractivity (Wildman–Crippen MR) is 98.8 cm³/mol. The number of carboxylic acid groups (broad SMARTS) is 1. The first-order valence-electron chi connectivity index (χ1n) is 8.01. The van der Waals surface area contributed by atoms with Gasteiger partial charge < -0.3 is 20.5 Å². The van der Waals surface area contributed by atoms with E-state index < -0.39 is 28.6 Å². The third kappa shape index (κ3) is 3.72. The number of aromatic nitrogens is 1. The Balaban J connectivity index is 2.01. The monoisotopic (exact) mass is 364 g/mol. The Morgan fingerprint density at radius 1 is 1.00 bits per heavy atom. The van der Waals surface area contributed by atoms with Crippen LogP contribution >= 0.6 is 0 Å². The van der Waals surface area contributed by atoms with Gasteiger partial charge in [0.25, 0.3) is 0 Å². The van der Waals surface area contributed by atoms with Gasteiger partial charge in [-0.15, -0.1) is 0 Å². The van der Waals surface area contributed by atoms with E-state index in [1.54, 1.807) is 24.3 Å². The molecule has 1 amide bonds. The van der Waals surface area contributed by atoms with E-state index in [2.05, 4.69) is 0 Å². The van der Waals surface area contributed by atoms with Gasteiger partial charge in [0.15, 0.2) is 5.75 Å². The number of amides is 1. The Morgan fingerprint density at radius 3 is 2.30 bits per heavy atom. The van der Waals surface area contributed by atoms with Crippen LogP contribution in [0.5, 0.6) is 5.75 Å². The van der Waals surface area contributed by atoms with Gasteiger partial charge in [-0.05, 0) is 28.8 Å². The second-order valence-electron chi connectivity index (χ2n) is 5.96. The number of pyridine rings is 1. The highest BCUT2D eigenvalue weighted by Gasteiger charge is 2.14. The Labute approximate surface area is 153 Å². The van der Waals surface area contributed by atoms with Crippen LogP contribution in [0.15, 0.2) is 65.7 Å². The lowest BCUT2D eigenvalue weighted by Gasteiger charge is -2.13. The number of hydrogen-bond acceptors (Lipinski definition) is 4. The summed E-state index contributed by atoms with van der Waals surface area (Å²) >= 11 is 0. The number of carboxylic acids is 1. The van der Waals surface area contributed by atoms with E-state index in [9.17, 15) is 19.5 Å². The van der Waals surface area contributed by atoms with Gasteiger partial charge in [0.1, 0.15) is 5.56 Å². The van der Waals surface area contributed by atoms with Crippen LogP contribution in [0.4, 0.5) is 0 Å². The van der Waals surface area contributed by atoms with E-state index in [0.717, 1.165) is 16.7 Å². The lowest BCUT2D eigenvalue weighted by molar-refractivity contribution is 0.0693. The molecule has 1 aromatic heterocycles. The van der Waals surface area contributed by atoms with E-state index in [4.69, 9.17) is 10.8 Å². The Bertz CT molecular complexity index is 1080. The summed E-state index contributed by atoms with van der Waals surface area (Å²) in [6, 6.07) is 14.2. The zero-order valence-electron chi connectivity index (χ0n) is 14.1. The molecule has 0 saturated carbocycles. The molecule has 0 aliphatic rings. The average molecular weight is 364 g/mol. The van der Waals surface area contributed by atoms with E-state index in [0.29, 0.717) is 5.56 Å². The molecule has 0 aliphatic heterocycles. The van der Waals surface area contributed by atoms with Crippen LogP contribution in [-0.2, 0) is 6.54 Å². The van der Waals surface area contributed by atoms with Crippen LogP contribution in [0.25, 0.3) is 11.1 Å². The molecule has 27 heavy (non-hydrogen) atoms. The molecule has 0 bridgehead atoms. The zero-order valence-corrected chi connectivity index (χ0v) is 14.1. The van der Waals surface area contributed by atoms with Crippen molar-refractivity contribution in [2.75, 3.05) is 0 Å². The summed E-state index contributed by atoms with van der Waals surface area (Å²) in [5.41, 5.74) is 6.78. The zero-order chi connectivity index (χ0) is 19.6. The highest BCUT2D eigenvalue weighted by atomic mass is 16.4. The number of carbonyl (C=O) groups excluding carboxylic acids is 1. The summed E-state index contributed by atoms with van der Waals surface area (Å²) in [5.74, 6) is -2.54. The molecule has 2 aromatic carbocycles. The van der Waals surface area contributed by atoms with Crippen LogP contribution < -0.4 is 11.2 Å². The highest BCUT2D eigenvalue weighted by molar-refractivity contribution is 5.93. The number of carbonyl (C=O) groups is 2. The van der Waals surface area contributed by atoms with Crippen molar-refractivity contribution in [3.05, 3.63) is 87.8 Å². The molecular weight excluding hydrogens is 348 g/mol. The summed E-state index contributed by atoms with van der Waals surface area (Å²) in [6.45, 7) is 0.238. The van der Waals surface area contributed by atoms with E-state index in [1.165, 1.54) is 17.0 Å².